The highest BCUT2D eigenvalue weighted by atomic mass is 16.2. The number of hydrogen-bond donors (Lipinski definition) is 10. The van der Waals surface area contributed by atoms with Crippen LogP contribution >= 0.6 is 0 Å². The lowest BCUT2D eigenvalue weighted by atomic mass is 9.99. The van der Waals surface area contributed by atoms with E-state index in [4.69, 9.17) is 11.5 Å². The molecule has 7 amide bonds. The van der Waals surface area contributed by atoms with Crippen molar-refractivity contribution in [1.82, 2.24) is 41.9 Å². The van der Waals surface area contributed by atoms with Crippen molar-refractivity contribution in [3.8, 4) is 0 Å². The van der Waals surface area contributed by atoms with E-state index in [0.717, 1.165) is 32.9 Å². The zero-order valence-electron chi connectivity index (χ0n) is 37.0. The summed E-state index contributed by atoms with van der Waals surface area (Å²) in [7, 11) is 0. The molecule has 0 saturated carbocycles. The van der Waals surface area contributed by atoms with E-state index >= 15 is 0 Å². The molecule has 5 atom stereocenters. The molecule has 0 fully saturated rings. The van der Waals surface area contributed by atoms with Crippen LogP contribution in [-0.4, -0.2) is 94.0 Å². The maximum absolute atomic E-state index is 14.5. The lowest BCUT2D eigenvalue weighted by Crippen LogP contribution is -2.60. The second-order valence-corrected chi connectivity index (χ2v) is 16.4. The Balaban J connectivity index is 1.41. The molecule has 18 nitrogen and oxygen atoms in total. The Hall–Kier alpha value is -7.50. The summed E-state index contributed by atoms with van der Waals surface area (Å²) in [6.07, 6.45) is 4.04. The first kappa shape index (κ1) is 48.5. The number of carbonyl (C=O) groups is 7. The van der Waals surface area contributed by atoms with E-state index in [0.29, 0.717) is 5.56 Å². The predicted molar refractivity (Wildman–Crippen MR) is 248 cm³/mol. The molecule has 2 aromatic heterocycles. The Morgan fingerprint density at radius 1 is 0.554 bits per heavy atom. The normalized spacial score (nSPS) is 13.4. The van der Waals surface area contributed by atoms with Crippen LogP contribution in [0.5, 0.6) is 0 Å². The molecule has 0 spiro atoms. The van der Waals surface area contributed by atoms with Crippen molar-refractivity contribution in [1.29, 1.82) is 0 Å². The highest BCUT2D eigenvalue weighted by molar-refractivity contribution is 6.00. The largest absolute Gasteiger partial charge is 0.370 e. The van der Waals surface area contributed by atoms with E-state index < -0.39 is 71.6 Å². The van der Waals surface area contributed by atoms with Crippen LogP contribution in [0.2, 0.25) is 0 Å². The van der Waals surface area contributed by atoms with Crippen molar-refractivity contribution in [2.24, 2.45) is 22.4 Å². The summed E-state index contributed by atoms with van der Waals surface area (Å²) in [6, 6.07) is 18.1. The maximum atomic E-state index is 14.5. The number of nitrogens with one attached hydrogen (secondary N) is 8. The third-order valence-electron chi connectivity index (χ3n) is 10.7. The summed E-state index contributed by atoms with van der Waals surface area (Å²) < 4.78 is 0. The van der Waals surface area contributed by atoms with Crippen LogP contribution in [0.1, 0.15) is 63.6 Å². The van der Waals surface area contributed by atoms with Crippen LogP contribution in [0.25, 0.3) is 21.8 Å². The van der Waals surface area contributed by atoms with Gasteiger partial charge >= 0.3 is 0 Å². The fraction of sp³-hybridized carbons (Fsp3) is 0.362. The number of fused-ring (bicyclic) bond motifs is 2. The molecule has 0 aliphatic carbocycles. The molecule has 3 aromatic carbocycles. The number of aliphatic imine (C=N–C) groups is 1. The van der Waals surface area contributed by atoms with E-state index in [1.807, 2.05) is 92.7 Å². The number of rotatable bonds is 22. The summed E-state index contributed by atoms with van der Waals surface area (Å²) in [5.41, 5.74) is 14.9. The molecule has 2 heterocycles. The first-order valence-electron chi connectivity index (χ1n) is 21.6. The Kier molecular flexibility index (Phi) is 17.4. The van der Waals surface area contributed by atoms with E-state index in [9.17, 15) is 33.6 Å². The Morgan fingerprint density at radius 2 is 1.02 bits per heavy atom. The van der Waals surface area contributed by atoms with Crippen LogP contribution in [-0.2, 0) is 52.8 Å². The van der Waals surface area contributed by atoms with E-state index in [1.165, 1.54) is 13.8 Å². The van der Waals surface area contributed by atoms with Gasteiger partial charge in [0.2, 0.25) is 41.4 Å². The zero-order valence-corrected chi connectivity index (χ0v) is 37.0. The number of nitrogens with two attached hydrogens (primary N) is 2. The standard InChI is InChI=1S/C47H59N11O7/c1-27(2)21-38(56-46(65)41(24-32-26-52-36-18-11-9-16-34(32)36)58-45(64)39(53-28(3)59)22-30-13-6-5-7-14-30)44(63)55-37(19-12-20-50-47(48)49)42(61)57-40(43(62)54-29(4)60)23-31-25-51-35-17-10-8-15-33(31)35/h5-11,13-18,25-27,37-41,51-52H,12,19-24H2,1-4H3,(H,53,59)(H,55,63)(H,56,65)(H,57,61)(H,58,64)(H4,48,49,50)(H,54,60,62)/t37-,38-,39+,40-,41-/m0/s1. The van der Waals surface area contributed by atoms with Gasteiger partial charge in [0.05, 0.1) is 0 Å². The number of para-hydroxylation sites is 2. The minimum Gasteiger partial charge on any atom is -0.370 e. The number of amides is 7. The molecule has 0 unspecified atom stereocenters. The highest BCUT2D eigenvalue weighted by Gasteiger charge is 2.34. The van der Waals surface area contributed by atoms with Crippen molar-refractivity contribution >= 4 is 69.1 Å². The number of H-pyrrole nitrogens is 2. The monoisotopic (exact) mass is 889 g/mol. The van der Waals surface area contributed by atoms with Crippen LogP contribution < -0.4 is 43.4 Å². The molecule has 5 rings (SSSR count). The molecule has 0 radical (unpaired) electrons. The number of aromatic amines is 2. The van der Waals surface area contributed by atoms with Crippen LogP contribution in [0.3, 0.4) is 0 Å². The molecular weight excluding hydrogens is 831 g/mol. The van der Waals surface area contributed by atoms with Crippen LogP contribution in [0.4, 0.5) is 0 Å². The SMILES string of the molecule is CC(=O)NC(=O)[C@H](Cc1c[nH]c2ccccc12)NC(=O)[C@H](CCCN=C(N)N)NC(=O)[C@H](CC(C)C)NC(=O)[C@H](Cc1c[nH]c2ccccc12)NC(=O)[C@@H](Cc1ccccc1)NC(C)=O. The second kappa shape index (κ2) is 23.3. The summed E-state index contributed by atoms with van der Waals surface area (Å²) >= 11 is 0. The van der Waals surface area contributed by atoms with Crippen molar-refractivity contribution in [3.63, 3.8) is 0 Å². The smallest absolute Gasteiger partial charge is 0.249 e. The quantitative estimate of drug-likeness (QED) is 0.0276. The molecule has 12 N–H and O–H groups in total. The number of imide groups is 1. The number of carbonyl (C=O) groups excluding carboxylic acids is 7. The fourth-order valence-electron chi connectivity index (χ4n) is 7.59. The lowest BCUT2D eigenvalue weighted by Gasteiger charge is -2.28. The summed E-state index contributed by atoms with van der Waals surface area (Å²) in [5, 5.41) is 17.8. The average molecular weight is 890 g/mol. The van der Waals surface area contributed by atoms with E-state index in [1.54, 1.807) is 12.4 Å². The van der Waals surface area contributed by atoms with Gasteiger partial charge < -0.3 is 48.0 Å². The predicted octanol–water partition coefficient (Wildman–Crippen LogP) is 1.88. The third-order valence-corrected chi connectivity index (χ3v) is 10.7. The van der Waals surface area contributed by atoms with Crippen molar-refractivity contribution < 1.29 is 33.6 Å². The number of benzene rings is 3. The van der Waals surface area contributed by atoms with Gasteiger partial charge in [-0.15, -0.1) is 0 Å². The summed E-state index contributed by atoms with van der Waals surface area (Å²) in [6.45, 7) is 6.33. The fourth-order valence-corrected chi connectivity index (χ4v) is 7.59. The Morgan fingerprint density at radius 3 is 1.54 bits per heavy atom. The maximum Gasteiger partial charge on any atom is 0.249 e. The van der Waals surface area contributed by atoms with Crippen molar-refractivity contribution in [3.05, 3.63) is 108 Å². The molecule has 65 heavy (non-hydrogen) atoms. The van der Waals surface area contributed by atoms with Crippen LogP contribution in [0.15, 0.2) is 96.2 Å². The molecular formula is C47H59N11O7. The summed E-state index contributed by atoms with van der Waals surface area (Å²) in [5.74, 6) is -4.82. The Labute approximate surface area is 376 Å². The number of guanidine groups is 1. The molecule has 344 valence electrons. The summed E-state index contributed by atoms with van der Waals surface area (Å²) in [4.78, 5) is 105. The number of hydrogen-bond acceptors (Lipinski definition) is 8. The number of aromatic nitrogens is 2. The third kappa shape index (κ3) is 14.5. The van der Waals surface area contributed by atoms with Gasteiger partial charge in [-0.05, 0) is 54.0 Å². The van der Waals surface area contributed by atoms with Gasteiger partial charge in [0.1, 0.15) is 30.2 Å². The minimum absolute atomic E-state index is 0.00719. The van der Waals surface area contributed by atoms with Gasteiger partial charge in [-0.1, -0.05) is 80.6 Å². The molecule has 5 aromatic rings. The molecule has 18 heteroatoms. The molecule has 0 bridgehead atoms. The van der Waals surface area contributed by atoms with Crippen molar-refractivity contribution in [2.45, 2.75) is 96.4 Å². The van der Waals surface area contributed by atoms with Crippen molar-refractivity contribution in [2.75, 3.05) is 6.54 Å². The molecule has 0 aliphatic heterocycles. The first-order valence-corrected chi connectivity index (χ1v) is 21.6. The van der Waals surface area contributed by atoms with E-state index in [2.05, 4.69) is 46.9 Å². The van der Waals surface area contributed by atoms with Gasteiger partial charge in [-0.25, -0.2) is 0 Å². The minimum atomic E-state index is -1.25. The lowest BCUT2D eigenvalue weighted by molar-refractivity contribution is -0.136. The highest BCUT2D eigenvalue weighted by Crippen LogP contribution is 2.21. The number of nitrogens with zero attached hydrogens (tertiary/aromatic N) is 1. The van der Waals surface area contributed by atoms with Gasteiger partial charge in [-0.2, -0.15) is 0 Å². The first-order chi connectivity index (χ1) is 31.1. The Bertz CT molecular complexity index is 2490. The second-order valence-electron chi connectivity index (χ2n) is 16.4. The van der Waals surface area contributed by atoms with Crippen LogP contribution in [0, 0.1) is 5.92 Å². The van der Waals surface area contributed by atoms with Gasteiger partial charge in [0.25, 0.3) is 0 Å². The average Bonchev–Trinajstić information content (AvgIpc) is 3.87. The molecule has 0 saturated heterocycles. The van der Waals surface area contributed by atoms with E-state index in [-0.39, 0.29) is 56.9 Å². The van der Waals surface area contributed by atoms with Gasteiger partial charge in [-0.3, -0.25) is 43.9 Å². The van der Waals surface area contributed by atoms with Gasteiger partial charge in [0.15, 0.2) is 5.96 Å². The van der Waals surface area contributed by atoms with Gasteiger partial charge in [0, 0.05) is 73.9 Å². The molecule has 0 aliphatic rings. The topological polar surface area (TPSA) is 288 Å². The zero-order chi connectivity index (χ0) is 47.0.